The predicted molar refractivity (Wildman–Crippen MR) is 77.0 cm³/mol. The van der Waals surface area contributed by atoms with Gasteiger partial charge in [-0.15, -0.1) is 0 Å². The third-order valence-corrected chi connectivity index (χ3v) is 3.98. The quantitative estimate of drug-likeness (QED) is 0.801. The Morgan fingerprint density at radius 1 is 1.28 bits per heavy atom. The Morgan fingerprint density at radius 2 is 2.00 bits per heavy atom. The first-order chi connectivity index (χ1) is 8.69. The van der Waals surface area contributed by atoms with Crippen molar-refractivity contribution in [2.75, 3.05) is 24.7 Å². The summed E-state index contributed by atoms with van der Waals surface area (Å²) in [6, 6.07) is 5.76. The number of hydrogen-bond donors (Lipinski definition) is 2. The Labute approximate surface area is 110 Å². The molecule has 3 nitrogen and oxygen atoms in total. The van der Waals surface area contributed by atoms with Crippen molar-refractivity contribution < 1.29 is 4.74 Å². The summed E-state index contributed by atoms with van der Waals surface area (Å²) in [5.74, 6) is 2.54. The molecule has 0 radical (unpaired) electrons. The first kappa shape index (κ1) is 13.1. The molecule has 1 aliphatic rings. The monoisotopic (exact) mass is 248 g/mol. The molecule has 3 heteroatoms. The van der Waals surface area contributed by atoms with Crippen molar-refractivity contribution >= 4 is 11.4 Å². The average Bonchev–Trinajstić information content (AvgIpc) is 2.40. The lowest BCUT2D eigenvalue weighted by atomic mass is 9.83. The van der Waals surface area contributed by atoms with Gasteiger partial charge in [0, 0.05) is 12.6 Å². The van der Waals surface area contributed by atoms with Gasteiger partial charge in [0.2, 0.25) is 0 Å². The second kappa shape index (κ2) is 5.98. The Hall–Kier alpha value is -1.38. The number of anilines is 2. The Balaban J connectivity index is 1.89. The topological polar surface area (TPSA) is 47.3 Å². The van der Waals surface area contributed by atoms with Crippen molar-refractivity contribution in [2.45, 2.75) is 32.6 Å². The highest BCUT2D eigenvalue weighted by Gasteiger charge is 2.18. The molecule has 1 fully saturated rings. The minimum atomic E-state index is 0.784. The molecule has 0 spiro atoms. The second-order valence-electron chi connectivity index (χ2n) is 5.46. The molecule has 1 aliphatic carbocycles. The van der Waals surface area contributed by atoms with Crippen molar-refractivity contribution in [1.29, 1.82) is 0 Å². The molecule has 1 saturated carbocycles. The van der Waals surface area contributed by atoms with Gasteiger partial charge in [0.15, 0.2) is 0 Å². The summed E-state index contributed by atoms with van der Waals surface area (Å²) in [5.41, 5.74) is 7.75. The largest absolute Gasteiger partial charge is 0.497 e. The van der Waals surface area contributed by atoms with Crippen molar-refractivity contribution in [3.05, 3.63) is 18.2 Å². The lowest BCUT2D eigenvalue weighted by molar-refractivity contribution is 0.300. The molecule has 0 aliphatic heterocycles. The molecule has 0 heterocycles. The molecule has 1 aromatic rings. The molecule has 0 atom stereocenters. The van der Waals surface area contributed by atoms with Crippen molar-refractivity contribution in [1.82, 2.24) is 0 Å². The van der Waals surface area contributed by atoms with Gasteiger partial charge in [-0.25, -0.2) is 0 Å². The van der Waals surface area contributed by atoms with Crippen molar-refractivity contribution in [3.63, 3.8) is 0 Å². The summed E-state index contributed by atoms with van der Waals surface area (Å²) in [4.78, 5) is 0. The molecule has 18 heavy (non-hydrogen) atoms. The average molecular weight is 248 g/mol. The molecule has 0 bridgehead atoms. The standard InChI is InChI=1S/C15H24N2O/c1-11-3-5-12(6-4-11)10-17-15-9-13(18-2)7-8-14(15)16/h7-9,11-12,17H,3-6,10,16H2,1-2H3. The summed E-state index contributed by atoms with van der Waals surface area (Å²) in [6.45, 7) is 3.37. The van der Waals surface area contributed by atoms with Crippen LogP contribution in [-0.4, -0.2) is 13.7 Å². The number of benzene rings is 1. The van der Waals surface area contributed by atoms with Crippen LogP contribution in [0.4, 0.5) is 11.4 Å². The van der Waals surface area contributed by atoms with Crippen LogP contribution in [0.1, 0.15) is 32.6 Å². The molecule has 1 aromatic carbocycles. The Kier molecular flexibility index (Phi) is 4.34. The van der Waals surface area contributed by atoms with E-state index in [0.29, 0.717) is 0 Å². The number of rotatable bonds is 4. The van der Waals surface area contributed by atoms with E-state index in [2.05, 4.69) is 12.2 Å². The zero-order valence-electron chi connectivity index (χ0n) is 11.4. The van der Waals surface area contributed by atoms with E-state index in [4.69, 9.17) is 10.5 Å². The molecule has 100 valence electrons. The van der Waals surface area contributed by atoms with Crippen LogP contribution in [0.5, 0.6) is 5.75 Å². The third kappa shape index (κ3) is 3.31. The lowest BCUT2D eigenvalue weighted by Crippen LogP contribution is -2.20. The number of methoxy groups -OCH3 is 1. The maximum atomic E-state index is 5.96. The maximum Gasteiger partial charge on any atom is 0.121 e. The lowest BCUT2D eigenvalue weighted by Gasteiger charge is -2.26. The molecule has 3 N–H and O–H groups in total. The van der Waals surface area contributed by atoms with E-state index in [0.717, 1.165) is 35.5 Å². The van der Waals surface area contributed by atoms with Gasteiger partial charge in [-0.05, 0) is 36.8 Å². The fraction of sp³-hybridized carbons (Fsp3) is 0.600. The Morgan fingerprint density at radius 3 is 2.67 bits per heavy atom. The number of nitrogen functional groups attached to an aromatic ring is 1. The smallest absolute Gasteiger partial charge is 0.121 e. The highest BCUT2D eigenvalue weighted by Crippen LogP contribution is 2.30. The van der Waals surface area contributed by atoms with E-state index >= 15 is 0 Å². The normalized spacial score (nSPS) is 23.7. The minimum absolute atomic E-state index is 0.784. The molecule has 0 unspecified atom stereocenters. The SMILES string of the molecule is COc1ccc(N)c(NCC2CCC(C)CC2)c1. The van der Waals surface area contributed by atoms with Crippen LogP contribution in [0.3, 0.4) is 0 Å². The van der Waals surface area contributed by atoms with Crippen LogP contribution in [0.2, 0.25) is 0 Å². The number of hydrogen-bond acceptors (Lipinski definition) is 3. The van der Waals surface area contributed by atoms with E-state index in [-0.39, 0.29) is 0 Å². The first-order valence-corrected chi connectivity index (χ1v) is 6.86. The number of nitrogens with one attached hydrogen (secondary N) is 1. The molecule has 0 aromatic heterocycles. The van der Waals surface area contributed by atoms with Crippen LogP contribution in [-0.2, 0) is 0 Å². The highest BCUT2D eigenvalue weighted by molar-refractivity contribution is 5.68. The zero-order chi connectivity index (χ0) is 13.0. The summed E-state index contributed by atoms with van der Waals surface area (Å²) in [7, 11) is 1.68. The van der Waals surface area contributed by atoms with Gasteiger partial charge in [-0.3, -0.25) is 0 Å². The molecular formula is C15H24N2O. The second-order valence-corrected chi connectivity index (χ2v) is 5.46. The van der Waals surface area contributed by atoms with Crippen LogP contribution in [0, 0.1) is 11.8 Å². The molecule has 0 amide bonds. The van der Waals surface area contributed by atoms with Gasteiger partial charge in [0.1, 0.15) is 5.75 Å². The van der Waals surface area contributed by atoms with Crippen LogP contribution in [0.25, 0.3) is 0 Å². The van der Waals surface area contributed by atoms with Crippen LogP contribution < -0.4 is 15.8 Å². The third-order valence-electron chi connectivity index (χ3n) is 3.98. The van der Waals surface area contributed by atoms with Crippen LogP contribution >= 0.6 is 0 Å². The van der Waals surface area contributed by atoms with Crippen LogP contribution in [0.15, 0.2) is 18.2 Å². The molecular weight excluding hydrogens is 224 g/mol. The number of nitrogens with two attached hydrogens (primary N) is 1. The number of ether oxygens (including phenoxy) is 1. The highest BCUT2D eigenvalue weighted by atomic mass is 16.5. The van der Waals surface area contributed by atoms with Crippen molar-refractivity contribution in [2.24, 2.45) is 11.8 Å². The van der Waals surface area contributed by atoms with Gasteiger partial charge in [0.05, 0.1) is 18.5 Å². The zero-order valence-corrected chi connectivity index (χ0v) is 11.4. The van der Waals surface area contributed by atoms with E-state index in [9.17, 15) is 0 Å². The van der Waals surface area contributed by atoms with Gasteiger partial charge in [-0.2, -0.15) is 0 Å². The van der Waals surface area contributed by atoms with Crippen molar-refractivity contribution in [3.8, 4) is 5.75 Å². The summed E-state index contributed by atoms with van der Waals surface area (Å²) >= 11 is 0. The van der Waals surface area contributed by atoms with E-state index in [1.165, 1.54) is 25.7 Å². The fourth-order valence-electron chi connectivity index (χ4n) is 2.60. The van der Waals surface area contributed by atoms with E-state index in [1.54, 1.807) is 7.11 Å². The Bertz CT molecular complexity index is 384. The fourth-order valence-corrected chi connectivity index (χ4v) is 2.60. The van der Waals surface area contributed by atoms with Gasteiger partial charge < -0.3 is 15.8 Å². The molecule has 0 saturated heterocycles. The van der Waals surface area contributed by atoms with Gasteiger partial charge in [0.25, 0.3) is 0 Å². The minimum Gasteiger partial charge on any atom is -0.497 e. The molecule has 2 rings (SSSR count). The first-order valence-electron chi connectivity index (χ1n) is 6.86. The summed E-state index contributed by atoms with van der Waals surface area (Å²) in [5, 5.41) is 3.47. The summed E-state index contributed by atoms with van der Waals surface area (Å²) in [6.07, 6.45) is 5.38. The maximum absolute atomic E-state index is 5.96. The van der Waals surface area contributed by atoms with Gasteiger partial charge in [-0.1, -0.05) is 19.8 Å². The van der Waals surface area contributed by atoms with Gasteiger partial charge >= 0.3 is 0 Å². The summed E-state index contributed by atoms with van der Waals surface area (Å²) < 4.78 is 5.22. The predicted octanol–water partition coefficient (Wildman–Crippen LogP) is 3.52. The van der Waals surface area contributed by atoms with E-state index in [1.807, 2.05) is 18.2 Å². The van der Waals surface area contributed by atoms with E-state index < -0.39 is 0 Å².